The van der Waals surface area contributed by atoms with Crippen molar-refractivity contribution in [3.05, 3.63) is 59.7 Å². The summed E-state index contributed by atoms with van der Waals surface area (Å²) in [7, 11) is -4.34. The third-order valence-corrected chi connectivity index (χ3v) is 4.85. The van der Waals surface area contributed by atoms with Crippen LogP contribution in [0.25, 0.3) is 0 Å². The first kappa shape index (κ1) is 26.9. The summed E-state index contributed by atoms with van der Waals surface area (Å²) in [4.78, 5) is 23.8. The minimum absolute atomic E-state index is 0.251. The van der Waals surface area contributed by atoms with Gasteiger partial charge in [-0.1, -0.05) is 30.3 Å². The molecule has 34 heavy (non-hydrogen) atoms. The smallest absolute Gasteiger partial charge is 0.479 e. The minimum Gasteiger partial charge on any atom is -0.479 e. The normalized spacial score (nSPS) is 12.1. The molecule has 0 saturated carbocycles. The standard InChI is InChI=1S/C21H21F3O9S/c1-20(2,15-6-4-3-5-7-15)32-17-12-14(8-9-16(17)33-21(22,23)24)19(26)31-13-18(25)30-10-11-34(27,28)29/h3-9,12H,10-11,13H2,1-2H3,(H,27,28,29). The van der Waals surface area contributed by atoms with Crippen LogP contribution in [0.1, 0.15) is 29.8 Å². The van der Waals surface area contributed by atoms with Crippen LogP contribution in [-0.2, 0) is 30.0 Å². The van der Waals surface area contributed by atoms with Gasteiger partial charge in [0.25, 0.3) is 10.1 Å². The summed E-state index contributed by atoms with van der Waals surface area (Å²) in [5.74, 6) is -4.14. The number of carbonyl (C=O) groups excluding carboxylic acids is 2. The van der Waals surface area contributed by atoms with Crippen molar-refractivity contribution in [3.8, 4) is 11.5 Å². The zero-order valence-electron chi connectivity index (χ0n) is 18.0. The molecule has 0 aliphatic heterocycles. The summed E-state index contributed by atoms with van der Waals surface area (Å²) in [6, 6.07) is 11.4. The Labute approximate surface area is 193 Å². The van der Waals surface area contributed by atoms with Gasteiger partial charge < -0.3 is 18.9 Å². The van der Waals surface area contributed by atoms with Gasteiger partial charge >= 0.3 is 18.3 Å². The number of hydrogen-bond donors (Lipinski definition) is 1. The van der Waals surface area contributed by atoms with Crippen molar-refractivity contribution in [3.63, 3.8) is 0 Å². The van der Waals surface area contributed by atoms with E-state index < -0.39 is 64.5 Å². The third-order valence-electron chi connectivity index (χ3n) is 4.16. The molecular formula is C21H21F3O9S. The van der Waals surface area contributed by atoms with Crippen LogP contribution in [0.4, 0.5) is 13.2 Å². The Kier molecular flexibility index (Phi) is 8.51. The molecule has 0 aliphatic rings. The number of esters is 2. The van der Waals surface area contributed by atoms with E-state index >= 15 is 0 Å². The van der Waals surface area contributed by atoms with E-state index in [1.54, 1.807) is 44.2 Å². The van der Waals surface area contributed by atoms with E-state index in [4.69, 9.17) is 14.0 Å². The van der Waals surface area contributed by atoms with Crippen LogP contribution < -0.4 is 9.47 Å². The monoisotopic (exact) mass is 506 g/mol. The highest BCUT2D eigenvalue weighted by Gasteiger charge is 2.34. The summed E-state index contributed by atoms with van der Waals surface area (Å²) >= 11 is 0. The molecule has 0 spiro atoms. The molecule has 0 aromatic heterocycles. The van der Waals surface area contributed by atoms with E-state index in [1.165, 1.54) is 0 Å². The Balaban J connectivity index is 2.17. The Morgan fingerprint density at radius 2 is 1.59 bits per heavy atom. The van der Waals surface area contributed by atoms with Gasteiger partial charge in [0.2, 0.25) is 0 Å². The highest BCUT2D eigenvalue weighted by atomic mass is 32.2. The van der Waals surface area contributed by atoms with E-state index in [-0.39, 0.29) is 5.56 Å². The quantitative estimate of drug-likeness (QED) is 0.381. The van der Waals surface area contributed by atoms with Crippen molar-refractivity contribution < 1.29 is 54.7 Å². The number of rotatable bonds is 10. The lowest BCUT2D eigenvalue weighted by atomic mass is 9.98. The van der Waals surface area contributed by atoms with Crippen LogP contribution in [0, 0.1) is 0 Å². The zero-order valence-corrected chi connectivity index (χ0v) is 18.8. The molecule has 0 amide bonds. The van der Waals surface area contributed by atoms with Gasteiger partial charge in [0.15, 0.2) is 18.1 Å². The zero-order chi connectivity index (χ0) is 25.6. The molecule has 0 fully saturated rings. The molecule has 186 valence electrons. The minimum atomic E-state index is -5.02. The van der Waals surface area contributed by atoms with Crippen LogP contribution in [0.15, 0.2) is 48.5 Å². The summed E-state index contributed by atoms with van der Waals surface area (Å²) in [5, 5.41) is 0. The summed E-state index contributed by atoms with van der Waals surface area (Å²) < 4.78 is 87.3. The molecule has 2 rings (SSSR count). The van der Waals surface area contributed by atoms with Gasteiger partial charge in [-0.25, -0.2) is 9.59 Å². The molecule has 0 aliphatic carbocycles. The van der Waals surface area contributed by atoms with Crippen LogP contribution in [-0.4, -0.2) is 50.2 Å². The van der Waals surface area contributed by atoms with Crippen molar-refractivity contribution in [1.82, 2.24) is 0 Å². The average molecular weight is 506 g/mol. The van der Waals surface area contributed by atoms with Gasteiger partial charge in [0.05, 0.1) is 5.56 Å². The van der Waals surface area contributed by atoms with Crippen molar-refractivity contribution in [2.45, 2.75) is 25.8 Å². The van der Waals surface area contributed by atoms with Gasteiger partial charge in [-0.15, -0.1) is 13.2 Å². The van der Waals surface area contributed by atoms with E-state index in [0.717, 1.165) is 18.2 Å². The number of carbonyl (C=O) groups is 2. The SMILES string of the molecule is CC(C)(Oc1cc(C(=O)OCC(=O)OCCS(=O)(=O)O)ccc1OC(F)(F)F)c1ccccc1. The fraction of sp³-hybridized carbons (Fsp3) is 0.333. The number of halogens is 3. The maximum Gasteiger partial charge on any atom is 0.573 e. The number of ether oxygens (including phenoxy) is 4. The second kappa shape index (κ2) is 10.7. The maximum absolute atomic E-state index is 12.8. The van der Waals surface area contributed by atoms with Gasteiger partial charge in [-0.3, -0.25) is 4.55 Å². The van der Waals surface area contributed by atoms with E-state index in [0.29, 0.717) is 5.56 Å². The molecule has 0 heterocycles. The molecule has 0 bridgehead atoms. The highest BCUT2D eigenvalue weighted by Crippen LogP contribution is 2.37. The van der Waals surface area contributed by atoms with Crippen LogP contribution in [0.5, 0.6) is 11.5 Å². The van der Waals surface area contributed by atoms with Crippen molar-refractivity contribution in [2.75, 3.05) is 19.0 Å². The third kappa shape index (κ3) is 8.90. The van der Waals surface area contributed by atoms with Crippen molar-refractivity contribution in [1.29, 1.82) is 0 Å². The molecule has 9 nitrogen and oxygen atoms in total. The summed E-state index contributed by atoms with van der Waals surface area (Å²) in [5.41, 5.74) is -0.739. The van der Waals surface area contributed by atoms with Gasteiger partial charge in [-0.2, -0.15) is 8.42 Å². The predicted octanol–water partition coefficient (Wildman–Crippen LogP) is 3.49. The molecule has 13 heteroatoms. The summed E-state index contributed by atoms with van der Waals surface area (Å²) in [6.45, 7) is 1.64. The second-order valence-corrected chi connectivity index (χ2v) is 8.84. The number of benzene rings is 2. The first-order valence-corrected chi connectivity index (χ1v) is 11.2. The topological polar surface area (TPSA) is 125 Å². The van der Waals surface area contributed by atoms with E-state index in [9.17, 15) is 31.2 Å². The fourth-order valence-electron chi connectivity index (χ4n) is 2.61. The largest absolute Gasteiger partial charge is 0.573 e. The Bertz CT molecular complexity index is 1110. The lowest BCUT2D eigenvalue weighted by molar-refractivity contribution is -0.275. The molecule has 0 unspecified atom stereocenters. The molecule has 0 radical (unpaired) electrons. The lowest BCUT2D eigenvalue weighted by Crippen LogP contribution is -2.26. The molecule has 0 saturated heterocycles. The number of hydrogen-bond acceptors (Lipinski definition) is 8. The van der Waals surface area contributed by atoms with Crippen molar-refractivity contribution in [2.24, 2.45) is 0 Å². The Morgan fingerprint density at radius 3 is 2.18 bits per heavy atom. The van der Waals surface area contributed by atoms with Crippen LogP contribution in [0.3, 0.4) is 0 Å². The Hall–Kier alpha value is -3.32. The van der Waals surface area contributed by atoms with E-state index in [1.807, 2.05) is 0 Å². The van der Waals surface area contributed by atoms with Gasteiger partial charge in [0.1, 0.15) is 18.0 Å². The molecular weight excluding hydrogens is 485 g/mol. The maximum atomic E-state index is 12.8. The highest BCUT2D eigenvalue weighted by molar-refractivity contribution is 7.85. The molecule has 2 aromatic rings. The average Bonchev–Trinajstić information content (AvgIpc) is 2.72. The van der Waals surface area contributed by atoms with Gasteiger partial charge in [0, 0.05) is 0 Å². The second-order valence-electron chi connectivity index (χ2n) is 7.27. The molecule has 2 aromatic carbocycles. The molecule has 0 atom stereocenters. The first-order chi connectivity index (χ1) is 15.7. The Morgan fingerprint density at radius 1 is 0.941 bits per heavy atom. The van der Waals surface area contributed by atoms with Crippen molar-refractivity contribution >= 4 is 22.1 Å². The number of alkyl halides is 3. The van der Waals surface area contributed by atoms with Gasteiger partial charge in [-0.05, 0) is 37.6 Å². The van der Waals surface area contributed by atoms with Crippen LogP contribution in [0.2, 0.25) is 0 Å². The van der Waals surface area contributed by atoms with E-state index in [2.05, 4.69) is 9.47 Å². The lowest BCUT2D eigenvalue weighted by Gasteiger charge is -2.28. The first-order valence-electron chi connectivity index (χ1n) is 9.58. The fourth-order valence-corrected chi connectivity index (χ4v) is 2.90. The predicted molar refractivity (Wildman–Crippen MR) is 111 cm³/mol. The summed E-state index contributed by atoms with van der Waals surface area (Å²) in [6.07, 6.45) is -5.02. The van der Waals surface area contributed by atoms with Crippen LogP contribution >= 0.6 is 0 Å². The molecule has 1 N–H and O–H groups in total.